The highest BCUT2D eigenvalue weighted by Crippen LogP contribution is 2.36. The van der Waals surface area contributed by atoms with Crippen LogP contribution in [-0.4, -0.2) is 21.3 Å². The van der Waals surface area contributed by atoms with Crippen LogP contribution in [0, 0.1) is 0 Å². The summed E-state index contributed by atoms with van der Waals surface area (Å²) in [6.45, 7) is 0. The molecule has 0 aliphatic carbocycles. The van der Waals surface area contributed by atoms with E-state index in [1.54, 1.807) is 33.9 Å². The third-order valence-corrected chi connectivity index (χ3v) is 5.33. The Morgan fingerprint density at radius 3 is 2.17 bits per heavy atom. The monoisotopic (exact) mass is 386 g/mol. The molecule has 5 nitrogen and oxygen atoms in total. The SMILES string of the molecule is COc1cc2cc3c4cc(-c5ccoc5)c(OC)cc4cc[n+]3cc2cc1OC. The van der Waals surface area contributed by atoms with E-state index >= 15 is 0 Å². The van der Waals surface area contributed by atoms with Crippen LogP contribution >= 0.6 is 0 Å². The fraction of sp³-hybridized carbons (Fsp3) is 0.125. The van der Waals surface area contributed by atoms with Gasteiger partial charge in [0.25, 0.3) is 0 Å². The summed E-state index contributed by atoms with van der Waals surface area (Å²) in [5.74, 6) is 2.24. The molecule has 0 atom stereocenters. The van der Waals surface area contributed by atoms with E-state index in [0.717, 1.165) is 43.9 Å². The Morgan fingerprint density at radius 1 is 0.759 bits per heavy atom. The summed E-state index contributed by atoms with van der Waals surface area (Å²) in [4.78, 5) is 0. The summed E-state index contributed by atoms with van der Waals surface area (Å²) in [6.07, 6.45) is 7.57. The van der Waals surface area contributed by atoms with Crippen LogP contribution in [-0.2, 0) is 0 Å². The predicted octanol–water partition coefficient (Wildman–Crippen LogP) is 5.02. The van der Waals surface area contributed by atoms with E-state index in [4.69, 9.17) is 18.6 Å². The molecule has 0 aliphatic heterocycles. The van der Waals surface area contributed by atoms with E-state index in [1.807, 2.05) is 18.2 Å². The van der Waals surface area contributed by atoms with Gasteiger partial charge in [-0.1, -0.05) is 0 Å². The Hall–Kier alpha value is -3.73. The summed E-state index contributed by atoms with van der Waals surface area (Å²) in [6, 6.07) is 14.4. The number of rotatable bonds is 4. The van der Waals surface area contributed by atoms with E-state index in [9.17, 15) is 0 Å². The summed E-state index contributed by atoms with van der Waals surface area (Å²) in [5, 5.41) is 4.38. The van der Waals surface area contributed by atoms with Crippen molar-refractivity contribution < 1.29 is 23.0 Å². The molecule has 3 heterocycles. The molecule has 0 amide bonds. The second-order valence-electron chi connectivity index (χ2n) is 6.87. The molecule has 144 valence electrons. The quantitative estimate of drug-likeness (QED) is 0.247. The number of benzene rings is 2. The van der Waals surface area contributed by atoms with E-state index in [2.05, 4.69) is 41.1 Å². The molecular weight excluding hydrogens is 366 g/mol. The Kier molecular flexibility index (Phi) is 4.02. The number of hydrogen-bond donors (Lipinski definition) is 0. The van der Waals surface area contributed by atoms with Crippen molar-refractivity contribution in [3.8, 4) is 28.4 Å². The normalized spacial score (nSPS) is 11.3. The molecule has 0 aliphatic rings. The molecule has 0 fully saturated rings. The van der Waals surface area contributed by atoms with Crippen LogP contribution in [0.5, 0.6) is 17.2 Å². The smallest absolute Gasteiger partial charge is 0.219 e. The number of pyridine rings is 2. The molecule has 0 spiro atoms. The number of hydrogen-bond acceptors (Lipinski definition) is 4. The summed E-state index contributed by atoms with van der Waals surface area (Å²) >= 11 is 0. The number of furan rings is 1. The minimum atomic E-state index is 0.713. The van der Waals surface area contributed by atoms with Crippen molar-refractivity contribution in [3.05, 3.63) is 67.4 Å². The Labute approximate surface area is 167 Å². The Morgan fingerprint density at radius 2 is 1.48 bits per heavy atom. The highest BCUT2D eigenvalue weighted by atomic mass is 16.5. The second-order valence-corrected chi connectivity index (χ2v) is 6.87. The summed E-state index contributed by atoms with van der Waals surface area (Å²) in [7, 11) is 4.99. The van der Waals surface area contributed by atoms with Crippen molar-refractivity contribution in [2.75, 3.05) is 21.3 Å². The van der Waals surface area contributed by atoms with Crippen molar-refractivity contribution in [3.63, 3.8) is 0 Å². The molecule has 0 unspecified atom stereocenters. The highest BCUT2D eigenvalue weighted by Gasteiger charge is 2.16. The molecule has 29 heavy (non-hydrogen) atoms. The van der Waals surface area contributed by atoms with Crippen molar-refractivity contribution in [2.24, 2.45) is 0 Å². The first-order chi connectivity index (χ1) is 14.2. The van der Waals surface area contributed by atoms with Crippen LogP contribution in [0.4, 0.5) is 0 Å². The zero-order valence-corrected chi connectivity index (χ0v) is 16.4. The van der Waals surface area contributed by atoms with Gasteiger partial charge >= 0.3 is 0 Å². The second kappa shape index (κ2) is 6.71. The van der Waals surface area contributed by atoms with Gasteiger partial charge in [0.2, 0.25) is 5.52 Å². The fourth-order valence-electron chi connectivity index (χ4n) is 3.86. The average molecular weight is 386 g/mol. The molecule has 2 aromatic carbocycles. The van der Waals surface area contributed by atoms with Gasteiger partial charge in [-0.2, -0.15) is 4.40 Å². The Balaban J connectivity index is 1.84. The van der Waals surface area contributed by atoms with Crippen LogP contribution in [0.1, 0.15) is 0 Å². The van der Waals surface area contributed by atoms with E-state index in [1.165, 1.54) is 0 Å². The van der Waals surface area contributed by atoms with Crippen LogP contribution in [0.25, 0.3) is 38.2 Å². The Bertz CT molecular complexity index is 1360. The summed E-state index contributed by atoms with van der Waals surface area (Å²) < 4.78 is 24.0. The van der Waals surface area contributed by atoms with Crippen molar-refractivity contribution >= 4 is 27.1 Å². The maximum absolute atomic E-state index is 5.64. The number of methoxy groups -OCH3 is 3. The van der Waals surface area contributed by atoms with Gasteiger partial charge < -0.3 is 18.6 Å². The maximum atomic E-state index is 5.64. The van der Waals surface area contributed by atoms with Gasteiger partial charge in [-0.15, -0.1) is 0 Å². The van der Waals surface area contributed by atoms with Gasteiger partial charge in [0.05, 0.1) is 44.6 Å². The maximum Gasteiger partial charge on any atom is 0.219 e. The minimum absolute atomic E-state index is 0.713. The minimum Gasteiger partial charge on any atom is -0.496 e. The molecule has 3 aromatic heterocycles. The molecule has 5 aromatic rings. The lowest BCUT2D eigenvalue weighted by Gasteiger charge is -2.10. The molecule has 5 heteroatoms. The van der Waals surface area contributed by atoms with Gasteiger partial charge in [0.1, 0.15) is 5.75 Å². The van der Waals surface area contributed by atoms with Gasteiger partial charge in [0.15, 0.2) is 23.9 Å². The average Bonchev–Trinajstić information content (AvgIpc) is 3.30. The van der Waals surface area contributed by atoms with Gasteiger partial charge in [-0.25, -0.2) is 0 Å². The first-order valence-corrected chi connectivity index (χ1v) is 9.26. The third kappa shape index (κ3) is 2.74. The zero-order valence-electron chi connectivity index (χ0n) is 16.4. The van der Waals surface area contributed by atoms with Gasteiger partial charge in [-0.3, -0.25) is 0 Å². The highest BCUT2D eigenvalue weighted by molar-refractivity contribution is 6.01. The van der Waals surface area contributed by atoms with Crippen molar-refractivity contribution in [2.45, 2.75) is 0 Å². The van der Waals surface area contributed by atoms with E-state index in [0.29, 0.717) is 11.5 Å². The van der Waals surface area contributed by atoms with Crippen molar-refractivity contribution in [1.29, 1.82) is 0 Å². The standard InChI is InChI=1S/C24H20NO4/c1-26-22-9-15-4-6-25-13-18-11-24(28-3)23(27-2)10-17(18)8-21(25)19(15)12-20(22)16-5-7-29-14-16/h4-14H,1-3H3/q+1. The molecule has 5 rings (SSSR count). The lowest BCUT2D eigenvalue weighted by Crippen LogP contribution is -2.20. The van der Waals surface area contributed by atoms with Crippen molar-refractivity contribution in [1.82, 2.24) is 0 Å². The molecule has 0 saturated carbocycles. The van der Waals surface area contributed by atoms with Gasteiger partial charge in [-0.05, 0) is 41.1 Å². The largest absolute Gasteiger partial charge is 0.496 e. The number of aromatic nitrogens is 1. The molecular formula is C24H20NO4+. The summed E-state index contributed by atoms with van der Waals surface area (Å²) in [5.41, 5.74) is 3.07. The number of fused-ring (bicyclic) bond motifs is 4. The fourth-order valence-corrected chi connectivity index (χ4v) is 3.86. The number of nitrogens with zero attached hydrogens (tertiary/aromatic N) is 1. The van der Waals surface area contributed by atoms with Crippen LogP contribution in [0.15, 0.2) is 71.8 Å². The molecule has 0 N–H and O–H groups in total. The predicted molar refractivity (Wildman–Crippen MR) is 112 cm³/mol. The van der Waals surface area contributed by atoms with Crippen LogP contribution < -0.4 is 18.6 Å². The zero-order chi connectivity index (χ0) is 20.0. The first-order valence-electron chi connectivity index (χ1n) is 9.26. The van der Waals surface area contributed by atoms with E-state index in [-0.39, 0.29) is 0 Å². The van der Waals surface area contributed by atoms with Gasteiger partial charge in [0, 0.05) is 23.3 Å². The first kappa shape index (κ1) is 17.4. The number of ether oxygens (including phenoxy) is 3. The van der Waals surface area contributed by atoms with E-state index < -0.39 is 0 Å². The third-order valence-electron chi connectivity index (χ3n) is 5.33. The molecule has 0 radical (unpaired) electrons. The lowest BCUT2D eigenvalue weighted by atomic mass is 10.0. The van der Waals surface area contributed by atoms with Crippen LogP contribution in [0.2, 0.25) is 0 Å². The topological polar surface area (TPSA) is 44.9 Å². The lowest BCUT2D eigenvalue weighted by molar-refractivity contribution is -0.509. The van der Waals surface area contributed by atoms with Crippen LogP contribution in [0.3, 0.4) is 0 Å². The molecule has 0 saturated heterocycles. The molecule has 0 bridgehead atoms.